The van der Waals surface area contributed by atoms with Crippen LogP contribution in [0.1, 0.15) is 53.4 Å². The number of carbonyl (C=O) groups excluding carboxylic acids is 2. The van der Waals surface area contributed by atoms with Gasteiger partial charge in [0.2, 0.25) is 0 Å². The number of nitrogens with one attached hydrogen (secondary N) is 1. The quantitative estimate of drug-likeness (QED) is 0.765. The summed E-state index contributed by atoms with van der Waals surface area (Å²) in [5.41, 5.74) is 3.21. The van der Waals surface area contributed by atoms with Crippen LogP contribution in [0.5, 0.6) is 0 Å². The maximum absolute atomic E-state index is 12.8. The molecule has 0 radical (unpaired) electrons. The Hall–Kier alpha value is -2.45. The van der Waals surface area contributed by atoms with E-state index in [-0.39, 0.29) is 19.2 Å². The highest BCUT2D eigenvalue weighted by Crippen LogP contribution is 2.25. The number of piperazine rings is 1. The predicted molar refractivity (Wildman–Crippen MR) is 131 cm³/mol. The average molecular weight is 458 g/mol. The summed E-state index contributed by atoms with van der Waals surface area (Å²) in [6.45, 7) is 9.71. The lowest BCUT2D eigenvalue weighted by molar-refractivity contribution is 0.00853. The zero-order chi connectivity index (χ0) is 21.8. The van der Waals surface area contributed by atoms with E-state index in [1.54, 1.807) is 6.20 Å². The number of anilines is 1. The van der Waals surface area contributed by atoms with Gasteiger partial charge in [0.05, 0.1) is 0 Å². The topological polar surface area (TPSA) is 68.8 Å². The van der Waals surface area contributed by atoms with Gasteiger partial charge in [-0.25, -0.2) is 4.98 Å². The van der Waals surface area contributed by atoms with Crippen LogP contribution in [0.4, 0.5) is 5.69 Å². The minimum Gasteiger partial charge on any atom is -0.385 e. The highest BCUT2D eigenvalue weighted by molar-refractivity contribution is 7.11. The van der Waals surface area contributed by atoms with Crippen molar-refractivity contribution in [1.29, 1.82) is 0 Å². The van der Waals surface area contributed by atoms with Crippen LogP contribution in [0, 0.1) is 0 Å². The number of amides is 2. The lowest BCUT2D eigenvalue weighted by Crippen LogP contribution is -2.64. The first-order valence-corrected chi connectivity index (χ1v) is 12.2. The zero-order valence-corrected chi connectivity index (χ0v) is 19.2. The molecule has 3 aliphatic heterocycles. The van der Waals surface area contributed by atoms with Crippen molar-refractivity contribution in [2.24, 2.45) is 0 Å². The molecule has 1 aromatic heterocycles. The lowest BCUT2D eigenvalue weighted by Gasteiger charge is -2.48. The molecule has 5 rings (SSSR count). The molecule has 4 heterocycles. The molecule has 0 atom stereocenters. The van der Waals surface area contributed by atoms with Crippen molar-refractivity contribution in [3.05, 3.63) is 45.9 Å². The van der Waals surface area contributed by atoms with E-state index in [0.717, 1.165) is 64.2 Å². The molecule has 0 spiro atoms. The molecule has 3 aliphatic rings. The summed E-state index contributed by atoms with van der Waals surface area (Å²) >= 11 is 1.39. The zero-order valence-electron chi connectivity index (χ0n) is 18.3. The highest BCUT2D eigenvalue weighted by Gasteiger charge is 2.37. The molecule has 7 nitrogen and oxygen atoms in total. The maximum Gasteiger partial charge on any atom is 0.282 e. The smallest absolute Gasteiger partial charge is 0.282 e. The number of carbonyl (C=O) groups is 2. The Bertz CT molecular complexity index is 903. The minimum absolute atomic E-state index is 0. The molecule has 0 bridgehead atoms. The molecule has 0 unspecified atom stereocenters. The molecule has 1 N–H and O–H groups in total. The van der Waals surface area contributed by atoms with Gasteiger partial charge in [0.1, 0.15) is 0 Å². The second-order valence-corrected chi connectivity index (χ2v) is 8.83. The second kappa shape index (κ2) is 10.9. The van der Waals surface area contributed by atoms with Gasteiger partial charge in [-0.2, -0.15) is 0 Å². The fraction of sp³-hybridized carbons (Fsp3) is 0.542. The molecule has 2 aromatic rings. The first kappa shape index (κ1) is 24.2. The normalized spacial score (nSPS) is 18.3. The molecule has 0 saturated carbocycles. The first-order chi connectivity index (χ1) is 15.2. The molecule has 174 valence electrons. The number of hydrogen-bond acceptors (Lipinski definition) is 6. The molecule has 2 amide bonds. The number of nitrogens with zero attached hydrogens (tertiary/aromatic N) is 4. The van der Waals surface area contributed by atoms with Crippen molar-refractivity contribution >= 4 is 28.8 Å². The maximum atomic E-state index is 12.8. The van der Waals surface area contributed by atoms with Crippen LogP contribution in [-0.4, -0.2) is 83.4 Å². The third kappa shape index (κ3) is 4.96. The van der Waals surface area contributed by atoms with Crippen LogP contribution < -0.4 is 5.32 Å². The van der Waals surface area contributed by atoms with Crippen LogP contribution in [0.25, 0.3) is 0 Å². The highest BCUT2D eigenvalue weighted by atomic mass is 32.1. The Morgan fingerprint density at radius 1 is 1.06 bits per heavy atom. The van der Waals surface area contributed by atoms with Gasteiger partial charge < -0.3 is 15.1 Å². The number of hydrogen-bond donors (Lipinski definition) is 1. The number of thiazole rings is 1. The minimum atomic E-state index is 0. The lowest BCUT2D eigenvalue weighted by atomic mass is 9.98. The van der Waals surface area contributed by atoms with Crippen molar-refractivity contribution in [3.63, 3.8) is 0 Å². The van der Waals surface area contributed by atoms with E-state index in [4.69, 9.17) is 0 Å². The monoisotopic (exact) mass is 457 g/mol. The summed E-state index contributed by atoms with van der Waals surface area (Å²) in [6, 6.07) is 6.43. The van der Waals surface area contributed by atoms with E-state index in [1.807, 2.05) is 41.2 Å². The molecule has 8 heteroatoms. The van der Waals surface area contributed by atoms with Crippen molar-refractivity contribution < 1.29 is 9.59 Å². The van der Waals surface area contributed by atoms with Crippen molar-refractivity contribution in [1.82, 2.24) is 19.7 Å². The standard InChI is InChI=1S/C21H25N5O2S.C2H6.CH4/c27-20(16-3-4-18-15(12-16)2-1-5-22-18)26-13-17(14-26)24-7-9-25(10-8-24)21(28)19-23-6-11-29-19;1-2;/h3-4,6,11-12,17,22H,1-2,5,7-10,13-14H2;1-2H3;1H4. The Morgan fingerprint density at radius 2 is 1.81 bits per heavy atom. The third-order valence-corrected chi connectivity index (χ3v) is 6.93. The second-order valence-electron chi connectivity index (χ2n) is 7.93. The van der Waals surface area contributed by atoms with E-state index in [1.165, 1.54) is 22.6 Å². The number of aryl methyl sites for hydroxylation is 1. The fourth-order valence-corrected chi connectivity index (χ4v) is 5.00. The summed E-state index contributed by atoms with van der Waals surface area (Å²) < 4.78 is 0. The van der Waals surface area contributed by atoms with Gasteiger partial charge >= 0.3 is 0 Å². The predicted octanol–water partition coefficient (Wildman–Crippen LogP) is 3.45. The molecular formula is C24H35N5O2S. The van der Waals surface area contributed by atoms with Gasteiger partial charge in [-0.05, 0) is 36.6 Å². The van der Waals surface area contributed by atoms with E-state index < -0.39 is 0 Å². The number of benzene rings is 1. The first-order valence-electron chi connectivity index (χ1n) is 11.3. The van der Waals surface area contributed by atoms with Gasteiger partial charge in [0.25, 0.3) is 11.8 Å². The van der Waals surface area contributed by atoms with Gasteiger partial charge in [-0.3, -0.25) is 14.5 Å². The van der Waals surface area contributed by atoms with Crippen molar-refractivity contribution in [2.75, 3.05) is 51.1 Å². The number of likely N-dealkylation sites (tertiary alicyclic amines) is 1. The molecule has 2 saturated heterocycles. The molecule has 1 aromatic carbocycles. The Balaban J connectivity index is 0.000000938. The molecule has 32 heavy (non-hydrogen) atoms. The Labute approximate surface area is 195 Å². The number of fused-ring (bicyclic) bond motifs is 1. The summed E-state index contributed by atoms with van der Waals surface area (Å²) in [4.78, 5) is 35.6. The van der Waals surface area contributed by atoms with Gasteiger partial charge in [-0.15, -0.1) is 11.3 Å². The third-order valence-electron chi connectivity index (χ3n) is 6.17. The van der Waals surface area contributed by atoms with Gasteiger partial charge in [0.15, 0.2) is 5.01 Å². The molecule has 0 aliphatic carbocycles. The van der Waals surface area contributed by atoms with Gasteiger partial charge in [-0.1, -0.05) is 21.3 Å². The van der Waals surface area contributed by atoms with Crippen LogP contribution in [0.15, 0.2) is 29.8 Å². The van der Waals surface area contributed by atoms with Crippen molar-refractivity contribution in [3.8, 4) is 0 Å². The van der Waals surface area contributed by atoms with Crippen LogP contribution in [-0.2, 0) is 6.42 Å². The van der Waals surface area contributed by atoms with E-state index in [9.17, 15) is 9.59 Å². The average Bonchev–Trinajstić information content (AvgIpc) is 3.34. The fourth-order valence-electron chi connectivity index (χ4n) is 4.40. The summed E-state index contributed by atoms with van der Waals surface area (Å²) in [5.74, 6) is 0.166. The van der Waals surface area contributed by atoms with Crippen LogP contribution >= 0.6 is 11.3 Å². The van der Waals surface area contributed by atoms with E-state index in [2.05, 4.69) is 21.3 Å². The van der Waals surface area contributed by atoms with Crippen LogP contribution in [0.2, 0.25) is 0 Å². The van der Waals surface area contributed by atoms with E-state index >= 15 is 0 Å². The van der Waals surface area contributed by atoms with Crippen LogP contribution in [0.3, 0.4) is 0 Å². The summed E-state index contributed by atoms with van der Waals surface area (Å²) in [7, 11) is 0. The summed E-state index contributed by atoms with van der Waals surface area (Å²) in [5, 5.41) is 5.80. The van der Waals surface area contributed by atoms with E-state index in [0.29, 0.717) is 11.0 Å². The number of rotatable bonds is 3. The Kier molecular flexibility index (Phi) is 8.26. The molecular weight excluding hydrogens is 422 g/mol. The SMILES string of the molecule is C.CC.O=C(c1ccc2c(c1)CCCN2)N1CC(N2CCN(C(=O)c3nccs3)CC2)C1. The van der Waals surface area contributed by atoms with Gasteiger partial charge in [0, 0.05) is 74.7 Å². The van der Waals surface area contributed by atoms with Crippen molar-refractivity contribution in [2.45, 2.75) is 40.2 Å². The Morgan fingerprint density at radius 3 is 2.50 bits per heavy atom. The number of aromatic nitrogens is 1. The summed E-state index contributed by atoms with van der Waals surface area (Å²) in [6.07, 6.45) is 3.83. The largest absolute Gasteiger partial charge is 0.385 e. The molecule has 2 fully saturated rings.